The first-order valence-electron chi connectivity index (χ1n) is 14.6. The third-order valence-electron chi connectivity index (χ3n) is 6.92. The van der Waals surface area contributed by atoms with Crippen molar-refractivity contribution in [2.45, 2.75) is 117 Å². The minimum Gasteiger partial charge on any atom is -0.370 e. The molecule has 0 spiro atoms. The van der Waals surface area contributed by atoms with Crippen LogP contribution < -0.4 is 38.5 Å². The largest absolute Gasteiger partial charge is 0.370 e. The topological polar surface area (TPSA) is 229 Å². The fraction of sp³-hybridized carbons (Fsp3) is 0.786. The van der Waals surface area contributed by atoms with Crippen LogP contribution in [-0.4, -0.2) is 72.6 Å². The molecule has 0 radical (unpaired) electrons. The number of nitrogens with two attached hydrogens (primary N) is 3. The molecule has 13 heteroatoms. The second-order valence-electron chi connectivity index (χ2n) is 11.4. The lowest BCUT2D eigenvalue weighted by molar-refractivity contribution is -0.135. The molecule has 41 heavy (non-hydrogen) atoms. The van der Waals surface area contributed by atoms with Crippen LogP contribution in [0.2, 0.25) is 0 Å². The summed E-state index contributed by atoms with van der Waals surface area (Å²) in [6.07, 6.45) is 2.83. The van der Waals surface area contributed by atoms with Crippen LogP contribution in [0.25, 0.3) is 0 Å². The first kappa shape index (κ1) is 37.9. The molecule has 13 nitrogen and oxygen atoms in total. The van der Waals surface area contributed by atoms with E-state index in [1.54, 1.807) is 13.8 Å². The molecule has 0 fully saturated rings. The van der Waals surface area contributed by atoms with Crippen molar-refractivity contribution in [3.05, 3.63) is 0 Å². The van der Waals surface area contributed by atoms with Gasteiger partial charge in [-0.1, -0.05) is 48.0 Å². The molecule has 0 rings (SSSR count). The maximum absolute atomic E-state index is 13.4. The predicted molar refractivity (Wildman–Crippen MR) is 157 cm³/mol. The van der Waals surface area contributed by atoms with Crippen LogP contribution in [0.4, 0.5) is 0 Å². The van der Waals surface area contributed by atoms with E-state index in [1.807, 2.05) is 27.7 Å². The number of hydrogen-bond donors (Lipinski definition) is 7. The van der Waals surface area contributed by atoms with E-state index in [0.29, 0.717) is 32.1 Å². The highest BCUT2D eigenvalue weighted by Gasteiger charge is 2.32. The Labute approximate surface area is 244 Å². The molecule has 0 heterocycles. The zero-order valence-corrected chi connectivity index (χ0v) is 25.5. The fourth-order valence-electron chi connectivity index (χ4n) is 4.05. The number of rotatable bonds is 21. The molecular weight excluding hydrogens is 530 g/mol. The van der Waals surface area contributed by atoms with E-state index in [1.165, 1.54) is 0 Å². The van der Waals surface area contributed by atoms with Crippen LogP contribution in [0.3, 0.4) is 0 Å². The number of amides is 5. The van der Waals surface area contributed by atoms with Gasteiger partial charge in [0.05, 0.1) is 12.1 Å². The Morgan fingerprint density at radius 1 is 0.780 bits per heavy atom. The van der Waals surface area contributed by atoms with Gasteiger partial charge in [0.25, 0.3) is 0 Å². The monoisotopic (exact) mass is 583 g/mol. The van der Waals surface area contributed by atoms with Crippen molar-refractivity contribution in [1.29, 1.82) is 0 Å². The van der Waals surface area contributed by atoms with E-state index in [-0.39, 0.29) is 43.4 Å². The van der Waals surface area contributed by atoms with Crippen LogP contribution in [0.1, 0.15) is 86.5 Å². The molecule has 0 saturated heterocycles. The van der Waals surface area contributed by atoms with Gasteiger partial charge in [-0.05, 0) is 56.4 Å². The van der Waals surface area contributed by atoms with Gasteiger partial charge in [-0.3, -0.25) is 24.0 Å². The van der Waals surface area contributed by atoms with Crippen LogP contribution >= 0.6 is 0 Å². The third-order valence-corrected chi connectivity index (χ3v) is 6.92. The van der Waals surface area contributed by atoms with Crippen molar-refractivity contribution in [3.63, 3.8) is 0 Å². The summed E-state index contributed by atoms with van der Waals surface area (Å²) in [5, 5.41) is 10.7. The average Bonchev–Trinajstić information content (AvgIpc) is 2.90. The summed E-state index contributed by atoms with van der Waals surface area (Å²) in [4.78, 5) is 75.0. The van der Waals surface area contributed by atoms with Gasteiger partial charge >= 0.3 is 0 Å². The Morgan fingerprint density at radius 3 is 1.85 bits per heavy atom. The zero-order chi connectivity index (χ0) is 31.7. The molecule has 0 aliphatic rings. The van der Waals surface area contributed by atoms with Gasteiger partial charge in [0, 0.05) is 6.42 Å². The highest BCUT2D eigenvalue weighted by atomic mass is 16.2. The molecule has 0 bridgehead atoms. The minimum atomic E-state index is -1.00. The van der Waals surface area contributed by atoms with Crippen molar-refractivity contribution >= 4 is 35.8 Å². The van der Waals surface area contributed by atoms with Gasteiger partial charge in [-0.15, -0.1) is 0 Å². The number of carbonyl (C=O) groups is 6. The summed E-state index contributed by atoms with van der Waals surface area (Å²) < 4.78 is 0. The average molecular weight is 584 g/mol. The van der Waals surface area contributed by atoms with Crippen LogP contribution in [0, 0.1) is 17.8 Å². The van der Waals surface area contributed by atoms with Gasteiger partial charge in [-0.2, -0.15) is 0 Å². The smallest absolute Gasteiger partial charge is 0.243 e. The third kappa shape index (κ3) is 14.9. The molecule has 6 atom stereocenters. The number of aldehydes is 1. The van der Waals surface area contributed by atoms with Gasteiger partial charge in [0.15, 0.2) is 0 Å². The highest BCUT2D eigenvalue weighted by Crippen LogP contribution is 2.11. The molecular formula is C28H53N7O6. The number of hydrogen-bond acceptors (Lipinski definition) is 8. The number of unbranched alkanes of at least 4 members (excludes halogenated alkanes) is 1. The highest BCUT2D eigenvalue weighted by molar-refractivity contribution is 5.95. The van der Waals surface area contributed by atoms with Crippen LogP contribution in [0.15, 0.2) is 0 Å². The van der Waals surface area contributed by atoms with Gasteiger partial charge in [0.2, 0.25) is 29.5 Å². The Morgan fingerprint density at radius 2 is 1.37 bits per heavy atom. The van der Waals surface area contributed by atoms with Crippen molar-refractivity contribution in [1.82, 2.24) is 21.3 Å². The second-order valence-corrected chi connectivity index (χ2v) is 11.4. The van der Waals surface area contributed by atoms with E-state index in [0.717, 1.165) is 0 Å². The Bertz CT molecular complexity index is 867. The maximum Gasteiger partial charge on any atom is 0.243 e. The van der Waals surface area contributed by atoms with E-state index in [2.05, 4.69) is 21.3 Å². The number of carbonyl (C=O) groups excluding carboxylic acids is 6. The Kier molecular flexibility index (Phi) is 18.4. The molecule has 0 saturated carbocycles. The van der Waals surface area contributed by atoms with E-state index >= 15 is 0 Å². The summed E-state index contributed by atoms with van der Waals surface area (Å²) in [7, 11) is 0. The molecule has 0 aliphatic carbocycles. The second kappa shape index (κ2) is 19.9. The molecule has 10 N–H and O–H groups in total. The summed E-state index contributed by atoms with van der Waals surface area (Å²) in [5.74, 6) is -3.15. The summed E-state index contributed by atoms with van der Waals surface area (Å²) in [5.41, 5.74) is 16.8. The van der Waals surface area contributed by atoms with Gasteiger partial charge in [0.1, 0.15) is 24.4 Å². The lowest BCUT2D eigenvalue weighted by Gasteiger charge is -2.28. The number of primary amides is 1. The Hall–Kier alpha value is -3.06. The molecule has 0 aromatic heterocycles. The van der Waals surface area contributed by atoms with Crippen LogP contribution in [0.5, 0.6) is 0 Å². The predicted octanol–water partition coefficient (Wildman–Crippen LogP) is -0.405. The first-order valence-corrected chi connectivity index (χ1v) is 14.6. The quantitative estimate of drug-likeness (QED) is 0.0692. The van der Waals surface area contributed by atoms with E-state index in [9.17, 15) is 28.8 Å². The molecule has 0 aromatic carbocycles. The number of nitrogens with one attached hydrogen (secondary N) is 4. The molecule has 236 valence electrons. The van der Waals surface area contributed by atoms with Crippen molar-refractivity contribution in [2.75, 3.05) is 6.54 Å². The minimum absolute atomic E-state index is 0.00638. The molecule has 5 amide bonds. The standard InChI is InChI=1S/C28H53N7O6/c1-7-18(6)23(31)27(40)35-24(17(4)5)28(41)33-20(10-8-9-13-29)25(38)34-21(14-16(2)3)26(39)32-19(15-36)11-12-22(30)37/h15-21,23-24H,7-14,29,31H2,1-6H3,(H2,30,37)(H,32,39)(H,33,41)(H,34,38)(H,35,40)/t18-,19-,20-,21-,23-,24-/m0/s1. The lowest BCUT2D eigenvalue weighted by atomic mass is 9.97. The molecule has 0 aromatic rings. The Balaban J connectivity index is 5.78. The molecule has 0 aliphatic heterocycles. The normalized spacial score (nSPS) is 15.7. The molecule has 0 unspecified atom stereocenters. The summed E-state index contributed by atoms with van der Waals surface area (Å²) in [6, 6.07) is -4.67. The zero-order valence-electron chi connectivity index (χ0n) is 25.5. The first-order chi connectivity index (χ1) is 19.2. The van der Waals surface area contributed by atoms with Gasteiger partial charge < -0.3 is 43.3 Å². The summed E-state index contributed by atoms with van der Waals surface area (Å²) in [6.45, 7) is 11.5. The maximum atomic E-state index is 13.4. The van der Waals surface area contributed by atoms with Crippen molar-refractivity contribution in [3.8, 4) is 0 Å². The summed E-state index contributed by atoms with van der Waals surface area (Å²) >= 11 is 0. The van der Waals surface area contributed by atoms with Crippen LogP contribution in [-0.2, 0) is 28.8 Å². The SMILES string of the molecule is CC[C@H](C)[C@H](N)C(=O)N[C@H](C(=O)N[C@@H](CCCCN)C(=O)N[C@@H](CC(C)C)C(=O)N[C@H](C=O)CCC(N)=O)C(C)C. The fourth-order valence-corrected chi connectivity index (χ4v) is 4.05. The lowest BCUT2D eigenvalue weighted by Crippen LogP contribution is -2.59. The van der Waals surface area contributed by atoms with E-state index in [4.69, 9.17) is 17.2 Å². The van der Waals surface area contributed by atoms with Crippen molar-refractivity contribution in [2.24, 2.45) is 35.0 Å². The van der Waals surface area contributed by atoms with E-state index < -0.39 is 59.7 Å². The van der Waals surface area contributed by atoms with Gasteiger partial charge in [-0.25, -0.2) is 0 Å². The van der Waals surface area contributed by atoms with Crippen molar-refractivity contribution < 1.29 is 28.8 Å².